The topological polar surface area (TPSA) is 12.9 Å². The van der Waals surface area contributed by atoms with E-state index in [1.165, 1.54) is 4.90 Å². The summed E-state index contributed by atoms with van der Waals surface area (Å²) in [5.74, 6) is 1.12. The Morgan fingerprint density at radius 1 is 1.45 bits per heavy atom. The Hall–Kier alpha value is 0.0800. The van der Waals surface area contributed by atoms with Crippen LogP contribution >= 0.6 is 36.6 Å². The Morgan fingerprint density at radius 2 is 2.18 bits per heavy atom. The van der Waals surface area contributed by atoms with Gasteiger partial charge in [-0.2, -0.15) is 0 Å². The van der Waals surface area contributed by atoms with Crippen molar-refractivity contribution in [3.8, 4) is 0 Å². The zero-order chi connectivity index (χ0) is 6.53. The van der Waals surface area contributed by atoms with Crippen molar-refractivity contribution in [2.24, 2.45) is 0 Å². The molecular weight excluding hydrogens is 201 g/mol. The van der Waals surface area contributed by atoms with Gasteiger partial charge in [0.25, 0.3) is 0 Å². The van der Waals surface area contributed by atoms with Crippen LogP contribution in [0.1, 0.15) is 6.92 Å². The normalized spacial score (nSPS) is 7.73. The summed E-state index contributed by atoms with van der Waals surface area (Å²) in [5.41, 5.74) is 0. The zero-order valence-electron chi connectivity index (χ0n) is 6.19. The van der Waals surface area contributed by atoms with Gasteiger partial charge in [-0.15, -0.1) is 36.6 Å². The van der Waals surface area contributed by atoms with Crippen molar-refractivity contribution in [2.75, 3.05) is 5.75 Å². The highest BCUT2D eigenvalue weighted by Gasteiger charge is 1.85. The molecule has 0 bridgehead atoms. The molecule has 0 radical (unpaired) electrons. The van der Waals surface area contributed by atoms with Crippen LogP contribution in [-0.2, 0) is 0 Å². The van der Waals surface area contributed by atoms with Gasteiger partial charge in [0.1, 0.15) is 0 Å². The van der Waals surface area contributed by atoms with Crippen molar-refractivity contribution < 1.29 is 0 Å². The van der Waals surface area contributed by atoms with E-state index in [0.29, 0.717) is 0 Å². The largest absolute Gasteiger partial charge is 0.264 e. The van der Waals surface area contributed by atoms with Crippen molar-refractivity contribution in [2.45, 2.75) is 11.8 Å². The van der Waals surface area contributed by atoms with Gasteiger partial charge in [0.15, 0.2) is 0 Å². The number of nitrogens with zero attached hydrogens (tertiary/aromatic N) is 1. The number of thioether (sulfide) groups is 1. The third-order valence-corrected chi connectivity index (χ3v) is 1.81. The molecule has 0 saturated carbocycles. The standard InChI is InChI=1S/C7H9NS.2ClH/c1-2-9-7-4-3-5-8-6-7;;/h3-6H,2H2,1H3;2*1H. The van der Waals surface area contributed by atoms with E-state index in [-0.39, 0.29) is 24.8 Å². The van der Waals surface area contributed by atoms with Gasteiger partial charge < -0.3 is 0 Å². The molecule has 0 saturated heterocycles. The second kappa shape index (κ2) is 8.18. The van der Waals surface area contributed by atoms with Gasteiger partial charge in [0, 0.05) is 17.3 Å². The number of halogens is 2. The molecule has 11 heavy (non-hydrogen) atoms. The van der Waals surface area contributed by atoms with Gasteiger partial charge in [-0.1, -0.05) is 6.92 Å². The molecule has 1 nitrogen and oxygen atoms in total. The summed E-state index contributed by atoms with van der Waals surface area (Å²) in [4.78, 5) is 5.23. The van der Waals surface area contributed by atoms with E-state index in [2.05, 4.69) is 18.0 Å². The van der Waals surface area contributed by atoms with Crippen LogP contribution in [0, 0.1) is 0 Å². The lowest BCUT2D eigenvalue weighted by Gasteiger charge is -1.92. The van der Waals surface area contributed by atoms with Gasteiger partial charge in [-0.3, -0.25) is 4.98 Å². The molecule has 0 atom stereocenters. The second-order valence-corrected chi connectivity index (χ2v) is 2.96. The fraction of sp³-hybridized carbons (Fsp3) is 0.286. The molecule has 4 heteroatoms. The average molecular weight is 212 g/mol. The summed E-state index contributed by atoms with van der Waals surface area (Å²) in [6.45, 7) is 2.14. The predicted molar refractivity (Wildman–Crippen MR) is 55.1 cm³/mol. The van der Waals surface area contributed by atoms with Crippen LogP contribution in [0.15, 0.2) is 29.4 Å². The molecule has 0 aliphatic carbocycles. The summed E-state index contributed by atoms with van der Waals surface area (Å²) in [7, 11) is 0. The quantitative estimate of drug-likeness (QED) is 0.699. The van der Waals surface area contributed by atoms with E-state index in [1.54, 1.807) is 6.20 Å². The summed E-state index contributed by atoms with van der Waals surface area (Å²) in [6.07, 6.45) is 3.67. The molecule has 1 aromatic heterocycles. The summed E-state index contributed by atoms with van der Waals surface area (Å²) < 4.78 is 0. The Bertz CT molecular complexity index is 169. The molecule has 0 N–H and O–H groups in total. The van der Waals surface area contributed by atoms with Crippen LogP contribution in [0.3, 0.4) is 0 Å². The van der Waals surface area contributed by atoms with E-state index < -0.39 is 0 Å². The first-order valence-electron chi connectivity index (χ1n) is 2.96. The molecule has 1 rings (SSSR count). The first-order valence-corrected chi connectivity index (χ1v) is 3.95. The number of aromatic nitrogens is 1. The molecular formula is C7H11Cl2NS. The Morgan fingerprint density at radius 3 is 2.64 bits per heavy atom. The highest BCUT2D eigenvalue weighted by Crippen LogP contribution is 2.13. The Balaban J connectivity index is 0. The maximum absolute atomic E-state index is 3.98. The molecule has 0 fully saturated rings. The molecule has 0 amide bonds. The average Bonchev–Trinajstić information content (AvgIpc) is 1.91. The molecule has 64 valence electrons. The van der Waals surface area contributed by atoms with Crippen LogP contribution in [0.25, 0.3) is 0 Å². The maximum Gasteiger partial charge on any atom is 0.0403 e. The van der Waals surface area contributed by atoms with Crippen LogP contribution in [-0.4, -0.2) is 10.7 Å². The summed E-state index contributed by atoms with van der Waals surface area (Å²) in [5, 5.41) is 0. The fourth-order valence-corrected chi connectivity index (χ4v) is 1.24. The highest BCUT2D eigenvalue weighted by atomic mass is 35.5. The molecule has 1 heterocycles. The van der Waals surface area contributed by atoms with Gasteiger partial charge in [-0.25, -0.2) is 0 Å². The van der Waals surface area contributed by atoms with Crippen LogP contribution in [0.4, 0.5) is 0 Å². The van der Waals surface area contributed by atoms with Gasteiger partial charge in [0.05, 0.1) is 0 Å². The summed E-state index contributed by atoms with van der Waals surface area (Å²) >= 11 is 1.81. The number of pyridine rings is 1. The van der Waals surface area contributed by atoms with Crippen LogP contribution in [0.2, 0.25) is 0 Å². The smallest absolute Gasteiger partial charge is 0.0403 e. The van der Waals surface area contributed by atoms with Crippen LogP contribution in [0.5, 0.6) is 0 Å². The molecule has 1 aromatic rings. The van der Waals surface area contributed by atoms with Gasteiger partial charge in [-0.05, 0) is 17.9 Å². The molecule has 0 aromatic carbocycles. The first-order chi connectivity index (χ1) is 4.43. The van der Waals surface area contributed by atoms with Gasteiger partial charge >= 0.3 is 0 Å². The van der Waals surface area contributed by atoms with E-state index in [9.17, 15) is 0 Å². The number of rotatable bonds is 2. The fourth-order valence-electron chi connectivity index (χ4n) is 0.599. The maximum atomic E-state index is 3.98. The Labute approximate surface area is 83.8 Å². The minimum atomic E-state index is 0. The minimum absolute atomic E-state index is 0. The van der Waals surface area contributed by atoms with E-state index in [4.69, 9.17) is 0 Å². The third-order valence-electron chi connectivity index (χ3n) is 0.945. The third kappa shape index (κ3) is 5.36. The van der Waals surface area contributed by atoms with Crippen molar-refractivity contribution >= 4 is 36.6 Å². The molecule has 0 unspecified atom stereocenters. The van der Waals surface area contributed by atoms with Gasteiger partial charge in [0.2, 0.25) is 0 Å². The van der Waals surface area contributed by atoms with Crippen molar-refractivity contribution in [3.05, 3.63) is 24.5 Å². The zero-order valence-corrected chi connectivity index (χ0v) is 8.64. The lowest BCUT2D eigenvalue weighted by atomic mass is 10.5. The monoisotopic (exact) mass is 211 g/mol. The van der Waals surface area contributed by atoms with E-state index >= 15 is 0 Å². The lowest BCUT2D eigenvalue weighted by Crippen LogP contribution is -1.72. The van der Waals surface area contributed by atoms with E-state index in [0.717, 1.165) is 5.75 Å². The second-order valence-electron chi connectivity index (χ2n) is 1.62. The highest BCUT2D eigenvalue weighted by molar-refractivity contribution is 7.99. The predicted octanol–water partition coefficient (Wildman–Crippen LogP) is 3.04. The molecule has 0 spiro atoms. The van der Waals surface area contributed by atoms with Crippen LogP contribution < -0.4 is 0 Å². The number of hydrogen-bond donors (Lipinski definition) is 0. The summed E-state index contributed by atoms with van der Waals surface area (Å²) in [6, 6.07) is 4.03. The van der Waals surface area contributed by atoms with Crippen molar-refractivity contribution in [1.82, 2.24) is 4.98 Å². The van der Waals surface area contributed by atoms with E-state index in [1.807, 2.05) is 24.0 Å². The molecule has 0 aliphatic heterocycles. The lowest BCUT2D eigenvalue weighted by molar-refractivity contribution is 1.24. The van der Waals surface area contributed by atoms with Crippen molar-refractivity contribution in [1.29, 1.82) is 0 Å². The molecule has 0 aliphatic rings. The SMILES string of the molecule is CCSc1cccnc1.Cl.Cl. The number of hydrogen-bond acceptors (Lipinski definition) is 2. The van der Waals surface area contributed by atoms with Crippen molar-refractivity contribution in [3.63, 3.8) is 0 Å². The minimum Gasteiger partial charge on any atom is -0.264 e. The first kappa shape index (κ1) is 13.7. The Kier molecular flexibility index (Phi) is 10.2.